The first-order valence-corrected chi connectivity index (χ1v) is 6.55. The SMILES string of the molecule is CC1(C)C[C@@H]1c1noc(-c2c(F)ccc(F)c2P)n1. The van der Waals surface area contributed by atoms with Crippen molar-refractivity contribution >= 4 is 14.5 Å². The van der Waals surface area contributed by atoms with E-state index >= 15 is 0 Å². The van der Waals surface area contributed by atoms with Crippen molar-refractivity contribution in [1.29, 1.82) is 0 Å². The van der Waals surface area contributed by atoms with Crippen LogP contribution in [0, 0.1) is 17.0 Å². The first kappa shape index (κ1) is 12.7. The summed E-state index contributed by atoms with van der Waals surface area (Å²) in [5, 5.41) is 3.98. The molecule has 0 aliphatic heterocycles. The van der Waals surface area contributed by atoms with Crippen LogP contribution in [0.25, 0.3) is 11.5 Å². The van der Waals surface area contributed by atoms with Crippen molar-refractivity contribution in [2.45, 2.75) is 26.2 Å². The molecule has 1 saturated carbocycles. The van der Waals surface area contributed by atoms with Gasteiger partial charge in [0.2, 0.25) is 0 Å². The molecule has 2 aromatic rings. The maximum Gasteiger partial charge on any atom is 0.261 e. The van der Waals surface area contributed by atoms with E-state index in [-0.39, 0.29) is 28.1 Å². The predicted molar refractivity (Wildman–Crippen MR) is 70.1 cm³/mol. The van der Waals surface area contributed by atoms with Crippen molar-refractivity contribution in [3.8, 4) is 11.5 Å². The standard InChI is InChI=1S/C13H13F2N2OP/c1-13(2)5-6(13)11-16-12(18-17-11)9-7(14)3-4-8(15)10(9)19/h3-4,6H,5,19H2,1-2H3/t6-/m1/s1. The average molecular weight is 282 g/mol. The molecule has 0 N–H and O–H groups in total. The van der Waals surface area contributed by atoms with Crippen LogP contribution in [0.4, 0.5) is 8.78 Å². The van der Waals surface area contributed by atoms with Gasteiger partial charge >= 0.3 is 0 Å². The van der Waals surface area contributed by atoms with Gasteiger partial charge < -0.3 is 4.52 Å². The summed E-state index contributed by atoms with van der Waals surface area (Å²) >= 11 is 0. The summed E-state index contributed by atoms with van der Waals surface area (Å²) in [6, 6.07) is 2.13. The molecule has 1 aliphatic carbocycles. The fourth-order valence-electron chi connectivity index (χ4n) is 2.17. The zero-order chi connectivity index (χ0) is 13.8. The van der Waals surface area contributed by atoms with Crippen molar-refractivity contribution in [3.63, 3.8) is 0 Å². The van der Waals surface area contributed by atoms with Gasteiger partial charge in [-0.2, -0.15) is 4.98 Å². The van der Waals surface area contributed by atoms with E-state index in [1.165, 1.54) is 0 Å². The summed E-state index contributed by atoms with van der Waals surface area (Å²) in [5.41, 5.74) is 0.174. The van der Waals surface area contributed by atoms with Crippen LogP contribution in [0.3, 0.4) is 0 Å². The highest BCUT2D eigenvalue weighted by Gasteiger charge is 2.49. The number of hydrogen-bond acceptors (Lipinski definition) is 3. The third kappa shape index (κ3) is 2.06. The lowest BCUT2D eigenvalue weighted by atomic mass is 10.1. The Morgan fingerprint density at radius 1 is 1.32 bits per heavy atom. The van der Waals surface area contributed by atoms with Crippen LogP contribution in [0.2, 0.25) is 0 Å². The van der Waals surface area contributed by atoms with Gasteiger partial charge in [-0.1, -0.05) is 19.0 Å². The van der Waals surface area contributed by atoms with E-state index in [0.29, 0.717) is 5.82 Å². The van der Waals surface area contributed by atoms with Crippen LogP contribution in [0.5, 0.6) is 0 Å². The second-order valence-corrected chi connectivity index (χ2v) is 6.10. The number of aromatic nitrogens is 2. The normalized spacial score (nSPS) is 20.6. The highest BCUT2D eigenvalue weighted by molar-refractivity contribution is 7.28. The third-order valence-corrected chi connectivity index (χ3v) is 4.19. The summed E-state index contributed by atoms with van der Waals surface area (Å²) in [4.78, 5) is 4.20. The van der Waals surface area contributed by atoms with Gasteiger partial charge in [0.25, 0.3) is 5.89 Å². The van der Waals surface area contributed by atoms with Gasteiger partial charge in [0.1, 0.15) is 11.6 Å². The Hall–Kier alpha value is -1.35. The van der Waals surface area contributed by atoms with Crippen LogP contribution in [-0.2, 0) is 0 Å². The predicted octanol–water partition coefficient (Wildman–Crippen LogP) is 3.03. The molecule has 0 spiro atoms. The molecule has 2 atom stereocenters. The van der Waals surface area contributed by atoms with Gasteiger partial charge in [0.05, 0.1) is 5.56 Å². The van der Waals surface area contributed by atoms with Crippen LogP contribution in [-0.4, -0.2) is 10.1 Å². The Balaban J connectivity index is 2.02. The largest absolute Gasteiger partial charge is 0.334 e. The van der Waals surface area contributed by atoms with Gasteiger partial charge in [0, 0.05) is 11.2 Å². The first-order chi connectivity index (χ1) is 8.90. The Labute approximate surface area is 111 Å². The first-order valence-electron chi connectivity index (χ1n) is 5.97. The fourth-order valence-corrected chi connectivity index (χ4v) is 2.53. The fraction of sp³-hybridized carbons (Fsp3) is 0.385. The number of benzene rings is 1. The summed E-state index contributed by atoms with van der Waals surface area (Å²) in [7, 11) is 2.17. The van der Waals surface area contributed by atoms with Gasteiger partial charge in [-0.25, -0.2) is 8.78 Å². The van der Waals surface area contributed by atoms with E-state index in [2.05, 4.69) is 33.2 Å². The molecule has 1 aromatic heterocycles. The average Bonchev–Trinajstić information content (AvgIpc) is 2.76. The molecular weight excluding hydrogens is 269 g/mol. The maximum absolute atomic E-state index is 13.8. The lowest BCUT2D eigenvalue weighted by molar-refractivity contribution is 0.417. The van der Waals surface area contributed by atoms with Gasteiger partial charge in [-0.3, -0.25) is 0 Å². The molecule has 1 aromatic carbocycles. The minimum atomic E-state index is -0.573. The second kappa shape index (κ2) is 4.07. The summed E-state index contributed by atoms with van der Waals surface area (Å²) in [6.45, 7) is 4.22. The zero-order valence-corrected chi connectivity index (χ0v) is 11.7. The van der Waals surface area contributed by atoms with Crippen molar-refractivity contribution < 1.29 is 13.3 Å². The van der Waals surface area contributed by atoms with Gasteiger partial charge in [-0.05, 0) is 24.0 Å². The quantitative estimate of drug-likeness (QED) is 0.795. The van der Waals surface area contributed by atoms with Crippen molar-refractivity contribution in [2.24, 2.45) is 5.41 Å². The van der Waals surface area contributed by atoms with Crippen LogP contribution in [0.15, 0.2) is 16.7 Å². The molecule has 0 bridgehead atoms. The summed E-state index contributed by atoms with van der Waals surface area (Å²) in [5.74, 6) is -0.271. The van der Waals surface area contributed by atoms with Crippen LogP contribution < -0.4 is 5.30 Å². The van der Waals surface area contributed by atoms with Gasteiger partial charge in [0.15, 0.2) is 5.82 Å². The number of hydrogen-bond donors (Lipinski definition) is 0. The van der Waals surface area contributed by atoms with Crippen molar-refractivity contribution in [2.75, 3.05) is 0 Å². The Morgan fingerprint density at radius 2 is 1.95 bits per heavy atom. The monoisotopic (exact) mass is 282 g/mol. The molecule has 1 aliphatic rings. The van der Waals surface area contributed by atoms with Crippen molar-refractivity contribution in [3.05, 3.63) is 29.6 Å². The zero-order valence-electron chi connectivity index (χ0n) is 10.6. The molecule has 0 saturated heterocycles. The highest BCUT2D eigenvalue weighted by Crippen LogP contribution is 2.57. The van der Waals surface area contributed by atoms with E-state index in [1.54, 1.807) is 0 Å². The van der Waals surface area contributed by atoms with E-state index in [1.807, 2.05) is 0 Å². The Kier molecular flexibility index (Phi) is 2.72. The molecule has 6 heteroatoms. The molecule has 3 rings (SSSR count). The molecule has 1 unspecified atom stereocenters. The molecule has 0 amide bonds. The van der Waals surface area contributed by atoms with E-state index in [0.717, 1.165) is 18.6 Å². The Morgan fingerprint density at radius 3 is 2.58 bits per heavy atom. The molecule has 100 valence electrons. The van der Waals surface area contributed by atoms with Crippen LogP contribution >= 0.6 is 9.24 Å². The van der Waals surface area contributed by atoms with Crippen molar-refractivity contribution in [1.82, 2.24) is 10.1 Å². The molecule has 0 radical (unpaired) electrons. The summed E-state index contributed by atoms with van der Waals surface area (Å²) < 4.78 is 32.3. The minimum absolute atomic E-state index is 0.0159. The lowest BCUT2D eigenvalue weighted by Crippen LogP contribution is -2.06. The Bertz CT molecular complexity index is 654. The summed E-state index contributed by atoms with van der Waals surface area (Å²) in [6.07, 6.45) is 0.978. The smallest absolute Gasteiger partial charge is 0.261 e. The number of nitrogens with zero attached hydrogens (tertiary/aromatic N) is 2. The van der Waals surface area contributed by atoms with E-state index in [9.17, 15) is 8.78 Å². The van der Waals surface area contributed by atoms with E-state index in [4.69, 9.17) is 4.52 Å². The second-order valence-electron chi connectivity index (χ2n) is 5.52. The number of rotatable bonds is 2. The van der Waals surface area contributed by atoms with Gasteiger partial charge in [-0.15, -0.1) is 9.24 Å². The highest BCUT2D eigenvalue weighted by atomic mass is 31.0. The third-order valence-electron chi connectivity index (χ3n) is 3.62. The molecular formula is C13H13F2N2OP. The minimum Gasteiger partial charge on any atom is -0.334 e. The maximum atomic E-state index is 13.8. The molecule has 3 nitrogen and oxygen atoms in total. The molecule has 1 heterocycles. The lowest BCUT2D eigenvalue weighted by Gasteiger charge is -2.02. The molecule has 19 heavy (non-hydrogen) atoms. The topological polar surface area (TPSA) is 38.9 Å². The number of halogens is 2. The van der Waals surface area contributed by atoms with E-state index < -0.39 is 11.6 Å². The van der Waals surface area contributed by atoms with Crippen LogP contribution in [0.1, 0.15) is 32.0 Å². The molecule has 1 fully saturated rings.